The Bertz CT molecular complexity index is 679. The average molecular weight is 489 g/mol. The highest BCUT2D eigenvalue weighted by molar-refractivity contribution is 9.11. The van der Waals surface area contributed by atoms with Crippen LogP contribution in [0.25, 0.3) is 0 Å². The lowest BCUT2D eigenvalue weighted by Gasteiger charge is -2.08. The number of alkyl halides is 1. The van der Waals surface area contributed by atoms with Crippen molar-refractivity contribution in [1.29, 1.82) is 0 Å². The summed E-state index contributed by atoms with van der Waals surface area (Å²) in [7, 11) is 0. The van der Waals surface area contributed by atoms with Gasteiger partial charge in [0.1, 0.15) is 12.4 Å². The molecule has 0 N–H and O–H groups in total. The molecule has 2 aromatic rings. The van der Waals surface area contributed by atoms with Crippen LogP contribution in [0.2, 0.25) is 0 Å². The van der Waals surface area contributed by atoms with Crippen molar-refractivity contribution in [2.45, 2.75) is 0 Å². The van der Waals surface area contributed by atoms with Gasteiger partial charge in [0.25, 0.3) is 0 Å². The number of halogens is 3. The summed E-state index contributed by atoms with van der Waals surface area (Å²) in [6.45, 7) is 0.490. The van der Waals surface area contributed by atoms with Crippen LogP contribution in [0.5, 0.6) is 5.75 Å². The lowest BCUT2D eigenvalue weighted by Crippen LogP contribution is -2.02. The lowest BCUT2D eigenvalue weighted by atomic mass is 10.0. The summed E-state index contributed by atoms with van der Waals surface area (Å²) < 4.78 is 7.34. The Hall–Kier alpha value is -0.910. The summed E-state index contributed by atoms with van der Waals surface area (Å²) in [6.07, 6.45) is 3.90. The van der Waals surface area contributed by atoms with Gasteiger partial charge in [-0.15, -0.1) is 0 Å². The summed E-state index contributed by atoms with van der Waals surface area (Å²) in [5, 5.41) is 0.804. The molecule has 0 saturated carbocycles. The van der Waals surface area contributed by atoms with Crippen molar-refractivity contribution >= 4 is 53.6 Å². The van der Waals surface area contributed by atoms with E-state index in [4.69, 9.17) is 4.74 Å². The quantitative estimate of drug-likeness (QED) is 0.293. The molecule has 0 amide bonds. The third-order valence-corrected chi connectivity index (χ3v) is 4.41. The van der Waals surface area contributed by atoms with E-state index < -0.39 is 0 Å². The number of ketones is 1. The standard InChI is InChI=1S/C17H13Br3O2/c18-9-1-2-10-22-16-8-5-13(11-15(16)20)17(21)12-3-6-14(19)7-4-12/h1-8,11H,9-10H2. The van der Waals surface area contributed by atoms with Crippen molar-refractivity contribution in [2.75, 3.05) is 11.9 Å². The molecule has 2 rings (SSSR count). The molecule has 0 radical (unpaired) electrons. The molecule has 0 aliphatic rings. The van der Waals surface area contributed by atoms with E-state index in [0.29, 0.717) is 23.5 Å². The normalized spacial score (nSPS) is 10.9. The van der Waals surface area contributed by atoms with Crippen molar-refractivity contribution in [3.05, 3.63) is 74.7 Å². The first-order chi connectivity index (χ1) is 10.6. The van der Waals surface area contributed by atoms with Crippen molar-refractivity contribution in [3.8, 4) is 5.75 Å². The summed E-state index contributed by atoms with van der Waals surface area (Å²) in [4.78, 5) is 12.4. The van der Waals surface area contributed by atoms with Crippen LogP contribution in [-0.4, -0.2) is 17.7 Å². The second kappa shape index (κ2) is 8.65. The molecule has 2 aromatic carbocycles. The van der Waals surface area contributed by atoms with E-state index in [2.05, 4.69) is 47.8 Å². The number of ether oxygens (including phenoxy) is 1. The van der Waals surface area contributed by atoms with Gasteiger partial charge >= 0.3 is 0 Å². The zero-order valence-electron chi connectivity index (χ0n) is 11.6. The number of hydrogen-bond donors (Lipinski definition) is 0. The molecule has 0 aromatic heterocycles. The average Bonchev–Trinajstić information content (AvgIpc) is 2.53. The Kier molecular flexibility index (Phi) is 6.86. The van der Waals surface area contributed by atoms with Gasteiger partial charge in [-0.05, 0) is 58.4 Å². The second-order valence-corrected chi connectivity index (χ2v) is 6.84. The predicted molar refractivity (Wildman–Crippen MR) is 100 cm³/mol. The van der Waals surface area contributed by atoms with Crippen LogP contribution < -0.4 is 4.74 Å². The van der Waals surface area contributed by atoms with E-state index in [9.17, 15) is 4.79 Å². The van der Waals surface area contributed by atoms with Gasteiger partial charge in [-0.2, -0.15) is 0 Å². The highest BCUT2D eigenvalue weighted by Crippen LogP contribution is 2.27. The number of carbonyl (C=O) groups is 1. The van der Waals surface area contributed by atoms with Crippen molar-refractivity contribution in [2.24, 2.45) is 0 Å². The highest BCUT2D eigenvalue weighted by Gasteiger charge is 2.11. The minimum atomic E-state index is -0.0149. The molecule has 0 atom stereocenters. The van der Waals surface area contributed by atoms with Gasteiger partial charge in [0, 0.05) is 20.9 Å². The van der Waals surface area contributed by atoms with E-state index in [-0.39, 0.29) is 5.78 Å². The Morgan fingerprint density at radius 3 is 2.32 bits per heavy atom. The smallest absolute Gasteiger partial charge is 0.193 e. The molecule has 0 heterocycles. The molecule has 0 aliphatic carbocycles. The number of rotatable bonds is 6. The maximum Gasteiger partial charge on any atom is 0.193 e. The minimum Gasteiger partial charge on any atom is -0.488 e. The highest BCUT2D eigenvalue weighted by atomic mass is 79.9. The van der Waals surface area contributed by atoms with Crippen LogP contribution in [0.4, 0.5) is 0 Å². The molecule has 0 aliphatic heterocycles. The number of hydrogen-bond acceptors (Lipinski definition) is 2. The van der Waals surface area contributed by atoms with E-state index in [0.717, 1.165) is 14.3 Å². The maximum absolute atomic E-state index is 12.4. The Morgan fingerprint density at radius 1 is 1.00 bits per heavy atom. The summed E-state index contributed by atoms with van der Waals surface area (Å²) in [6, 6.07) is 12.7. The molecular formula is C17H13Br3O2. The largest absolute Gasteiger partial charge is 0.488 e. The van der Waals surface area contributed by atoms with E-state index in [1.54, 1.807) is 30.3 Å². The molecular weight excluding hydrogens is 476 g/mol. The van der Waals surface area contributed by atoms with Gasteiger partial charge in [0.05, 0.1) is 4.47 Å². The maximum atomic E-state index is 12.4. The van der Waals surface area contributed by atoms with Crippen molar-refractivity contribution < 1.29 is 9.53 Å². The fraction of sp³-hybridized carbons (Fsp3) is 0.118. The van der Waals surface area contributed by atoms with Gasteiger partial charge < -0.3 is 4.74 Å². The molecule has 0 saturated heterocycles. The third-order valence-electron chi connectivity index (χ3n) is 2.89. The van der Waals surface area contributed by atoms with Gasteiger partial charge in [-0.3, -0.25) is 4.79 Å². The molecule has 2 nitrogen and oxygen atoms in total. The van der Waals surface area contributed by atoms with Gasteiger partial charge in [0.15, 0.2) is 5.78 Å². The summed E-state index contributed by atoms with van der Waals surface area (Å²) >= 11 is 10.1. The predicted octanol–water partition coefficient (Wildman–Crippen LogP) is 5.77. The Labute approximate surface area is 155 Å². The first-order valence-corrected chi connectivity index (χ1v) is 9.26. The molecule has 0 fully saturated rings. The number of allylic oxidation sites excluding steroid dienone is 1. The van der Waals surface area contributed by atoms with Crippen molar-refractivity contribution in [3.63, 3.8) is 0 Å². The van der Waals surface area contributed by atoms with Crippen LogP contribution in [0, 0.1) is 0 Å². The molecule has 22 heavy (non-hydrogen) atoms. The SMILES string of the molecule is O=C(c1ccc(Br)cc1)c1ccc(OCC=CCBr)c(Br)c1. The van der Waals surface area contributed by atoms with Crippen molar-refractivity contribution in [1.82, 2.24) is 0 Å². The van der Waals surface area contributed by atoms with Crippen LogP contribution in [-0.2, 0) is 0 Å². The fourth-order valence-corrected chi connectivity index (χ4v) is 2.82. The third kappa shape index (κ3) is 4.80. The molecule has 0 bridgehead atoms. The summed E-state index contributed by atoms with van der Waals surface area (Å²) in [5.41, 5.74) is 1.28. The number of carbonyl (C=O) groups excluding carboxylic acids is 1. The summed E-state index contributed by atoms with van der Waals surface area (Å²) in [5.74, 6) is 0.700. The van der Waals surface area contributed by atoms with Crippen LogP contribution in [0.3, 0.4) is 0 Å². The zero-order chi connectivity index (χ0) is 15.9. The molecule has 0 spiro atoms. The number of benzene rings is 2. The van der Waals surface area contributed by atoms with Gasteiger partial charge in [0.2, 0.25) is 0 Å². The first-order valence-electron chi connectivity index (χ1n) is 6.55. The van der Waals surface area contributed by atoms with E-state index >= 15 is 0 Å². The Balaban J connectivity index is 2.13. The molecule has 0 unspecified atom stereocenters. The van der Waals surface area contributed by atoms with Crippen LogP contribution >= 0.6 is 47.8 Å². The van der Waals surface area contributed by atoms with Gasteiger partial charge in [-0.25, -0.2) is 0 Å². The molecule has 114 valence electrons. The first kappa shape index (κ1) is 17.4. The minimum absolute atomic E-state index is 0.0149. The van der Waals surface area contributed by atoms with E-state index in [1.165, 1.54) is 0 Å². The fourth-order valence-electron chi connectivity index (χ4n) is 1.80. The van der Waals surface area contributed by atoms with Crippen LogP contribution in [0.15, 0.2) is 63.6 Å². The topological polar surface area (TPSA) is 26.3 Å². The zero-order valence-corrected chi connectivity index (χ0v) is 16.3. The second-order valence-electron chi connectivity index (χ2n) is 4.42. The lowest BCUT2D eigenvalue weighted by molar-refractivity contribution is 0.103. The van der Waals surface area contributed by atoms with E-state index in [1.807, 2.05) is 24.3 Å². The molecule has 5 heteroatoms. The van der Waals surface area contributed by atoms with Gasteiger partial charge in [-0.1, -0.05) is 44.0 Å². The Morgan fingerprint density at radius 2 is 1.68 bits per heavy atom. The van der Waals surface area contributed by atoms with Crippen LogP contribution in [0.1, 0.15) is 15.9 Å². The monoisotopic (exact) mass is 486 g/mol.